The zero-order valence-corrected chi connectivity index (χ0v) is 16.8. The monoisotopic (exact) mass is 394 g/mol. The number of hydrogen-bond acceptors (Lipinski definition) is 4. The molecular weight excluding hydrogens is 364 g/mol. The lowest BCUT2D eigenvalue weighted by molar-refractivity contribution is -0.128. The van der Waals surface area contributed by atoms with Gasteiger partial charge in [0.1, 0.15) is 5.54 Å². The van der Waals surface area contributed by atoms with Crippen LogP contribution in [0.2, 0.25) is 0 Å². The minimum atomic E-state index is -3.80. The molecule has 2 aliphatic carbocycles. The molecule has 27 heavy (non-hydrogen) atoms. The average molecular weight is 395 g/mol. The van der Waals surface area contributed by atoms with E-state index in [1.54, 1.807) is 32.0 Å². The summed E-state index contributed by atoms with van der Waals surface area (Å²) in [4.78, 5) is 13.1. The lowest BCUT2D eigenvalue weighted by Crippen LogP contribution is -2.60. The van der Waals surface area contributed by atoms with Crippen molar-refractivity contribution in [2.24, 2.45) is 17.8 Å². The Morgan fingerprint density at radius 2 is 1.89 bits per heavy atom. The minimum Gasteiger partial charge on any atom is -0.396 e. The van der Waals surface area contributed by atoms with Crippen molar-refractivity contribution in [1.82, 2.24) is 10.0 Å². The maximum atomic E-state index is 12.9. The molecule has 3 rings (SSSR count). The van der Waals surface area contributed by atoms with Crippen molar-refractivity contribution < 1.29 is 18.3 Å². The van der Waals surface area contributed by atoms with Gasteiger partial charge >= 0.3 is 0 Å². The smallest absolute Gasteiger partial charge is 0.241 e. The molecule has 1 aromatic rings. The lowest BCUT2D eigenvalue weighted by Gasteiger charge is -2.45. The Hall–Kier alpha value is -1.44. The topological polar surface area (TPSA) is 95.5 Å². The molecule has 2 saturated carbocycles. The van der Waals surface area contributed by atoms with Crippen molar-refractivity contribution in [1.29, 1.82) is 0 Å². The first-order valence-corrected chi connectivity index (χ1v) is 11.2. The van der Waals surface area contributed by atoms with Crippen LogP contribution in [0.1, 0.15) is 46.0 Å². The van der Waals surface area contributed by atoms with Crippen molar-refractivity contribution in [3.8, 4) is 0 Å². The number of sulfonamides is 1. The largest absolute Gasteiger partial charge is 0.396 e. The molecule has 2 bridgehead atoms. The summed E-state index contributed by atoms with van der Waals surface area (Å²) in [5, 5.41) is 12.9. The number of aliphatic hydroxyl groups excluding tert-OH is 1. The first-order chi connectivity index (χ1) is 12.7. The van der Waals surface area contributed by atoms with Crippen molar-refractivity contribution in [3.63, 3.8) is 0 Å². The molecule has 0 saturated heterocycles. The highest BCUT2D eigenvalue weighted by molar-refractivity contribution is 7.89. The Morgan fingerprint density at radius 3 is 2.56 bits per heavy atom. The number of hydrogen-bond donors (Lipinski definition) is 3. The summed E-state index contributed by atoms with van der Waals surface area (Å²) in [6.45, 7) is 3.20. The fraction of sp³-hybridized carbons (Fsp3) is 0.650. The van der Waals surface area contributed by atoms with E-state index >= 15 is 0 Å². The van der Waals surface area contributed by atoms with Gasteiger partial charge in [0.05, 0.1) is 4.90 Å². The molecule has 0 radical (unpaired) electrons. The molecule has 1 aromatic carbocycles. The van der Waals surface area contributed by atoms with Crippen molar-refractivity contribution in [2.75, 3.05) is 6.61 Å². The maximum absolute atomic E-state index is 12.9. The van der Waals surface area contributed by atoms with E-state index in [-0.39, 0.29) is 29.4 Å². The van der Waals surface area contributed by atoms with Gasteiger partial charge in [0.25, 0.3) is 0 Å². The molecule has 150 valence electrons. The van der Waals surface area contributed by atoms with Crippen LogP contribution in [0.3, 0.4) is 0 Å². The SMILES string of the molecule is CC(C)(NS(=O)(=O)c1ccccc1)C(=O)NC1C(CO)C[C@H]2CCCC1C2. The normalized spacial score (nSPS) is 28.6. The number of aliphatic hydroxyl groups is 1. The van der Waals surface area contributed by atoms with Gasteiger partial charge in [0.2, 0.25) is 15.9 Å². The predicted octanol–water partition coefficient (Wildman–Crippen LogP) is 2.05. The molecule has 1 amide bonds. The highest BCUT2D eigenvalue weighted by Gasteiger charge is 2.42. The fourth-order valence-corrected chi connectivity index (χ4v) is 6.03. The van der Waals surface area contributed by atoms with Crippen LogP contribution in [-0.2, 0) is 14.8 Å². The molecule has 0 heterocycles. The quantitative estimate of drug-likeness (QED) is 0.688. The van der Waals surface area contributed by atoms with Crippen LogP contribution in [0, 0.1) is 17.8 Å². The molecule has 2 fully saturated rings. The van der Waals surface area contributed by atoms with Gasteiger partial charge in [0.15, 0.2) is 0 Å². The van der Waals surface area contributed by atoms with Gasteiger partial charge < -0.3 is 10.4 Å². The van der Waals surface area contributed by atoms with Gasteiger partial charge in [-0.25, -0.2) is 8.42 Å². The van der Waals surface area contributed by atoms with Crippen LogP contribution >= 0.6 is 0 Å². The number of amides is 1. The van der Waals surface area contributed by atoms with E-state index < -0.39 is 15.6 Å². The molecule has 2 aliphatic rings. The third-order valence-electron chi connectivity index (χ3n) is 6.02. The second kappa shape index (κ2) is 7.89. The van der Waals surface area contributed by atoms with Gasteiger partial charge in [-0.05, 0) is 57.1 Å². The summed E-state index contributed by atoms with van der Waals surface area (Å²) in [5.41, 5.74) is -1.29. The lowest BCUT2D eigenvalue weighted by atomic mass is 9.65. The van der Waals surface area contributed by atoms with Crippen molar-refractivity contribution in [3.05, 3.63) is 30.3 Å². The summed E-state index contributed by atoms with van der Waals surface area (Å²) in [6.07, 6.45) is 5.42. The Kier molecular flexibility index (Phi) is 5.93. The van der Waals surface area contributed by atoms with Gasteiger partial charge in [-0.2, -0.15) is 4.72 Å². The van der Waals surface area contributed by atoms with Crippen LogP contribution < -0.4 is 10.0 Å². The van der Waals surface area contributed by atoms with E-state index in [2.05, 4.69) is 10.0 Å². The Bertz CT molecular complexity index is 761. The molecule has 7 heteroatoms. The highest BCUT2D eigenvalue weighted by atomic mass is 32.2. The van der Waals surface area contributed by atoms with Gasteiger partial charge in [-0.15, -0.1) is 0 Å². The minimum absolute atomic E-state index is 0.0412. The molecular formula is C20H30N2O4S. The Balaban J connectivity index is 1.72. The number of carbonyl (C=O) groups excluding carboxylic acids is 1. The summed E-state index contributed by atoms with van der Waals surface area (Å²) in [7, 11) is -3.80. The first kappa shape index (κ1) is 20.3. The predicted molar refractivity (Wildman–Crippen MR) is 103 cm³/mol. The standard InChI is InChI=1S/C20H30N2O4S/c1-20(2,22-27(25,26)17-9-4-3-5-10-17)19(24)21-18-15-8-6-7-14(11-15)12-16(18)13-23/h3-5,9-10,14-16,18,22-23H,6-8,11-13H2,1-2H3,(H,21,24)/t14-,15?,16?,18?/m0/s1. The second-order valence-corrected chi connectivity index (χ2v) is 10.2. The van der Waals surface area contributed by atoms with E-state index in [0.717, 1.165) is 25.7 Å². The number of carbonyl (C=O) groups is 1. The number of fused-ring (bicyclic) bond motifs is 2. The highest BCUT2D eigenvalue weighted by Crippen LogP contribution is 2.42. The van der Waals surface area contributed by atoms with Crippen LogP contribution in [0.5, 0.6) is 0 Å². The number of benzene rings is 1. The van der Waals surface area contributed by atoms with Gasteiger partial charge in [-0.1, -0.05) is 31.0 Å². The summed E-state index contributed by atoms with van der Waals surface area (Å²) in [6, 6.07) is 7.94. The number of nitrogens with one attached hydrogen (secondary N) is 2. The summed E-state index contributed by atoms with van der Waals surface area (Å²) >= 11 is 0. The third kappa shape index (κ3) is 4.52. The van der Waals surface area contributed by atoms with E-state index in [1.807, 2.05) is 0 Å². The van der Waals surface area contributed by atoms with Gasteiger partial charge in [0, 0.05) is 18.6 Å². The molecule has 0 aromatic heterocycles. The van der Waals surface area contributed by atoms with Crippen LogP contribution in [0.15, 0.2) is 35.2 Å². The maximum Gasteiger partial charge on any atom is 0.241 e. The average Bonchev–Trinajstić information content (AvgIpc) is 2.63. The van der Waals surface area contributed by atoms with Crippen LogP contribution in [-0.4, -0.2) is 37.6 Å². The summed E-state index contributed by atoms with van der Waals surface area (Å²) in [5.74, 6) is 0.688. The first-order valence-electron chi connectivity index (χ1n) is 9.74. The van der Waals surface area contributed by atoms with Crippen molar-refractivity contribution >= 4 is 15.9 Å². The molecule has 4 atom stereocenters. The van der Waals surface area contributed by atoms with E-state index in [9.17, 15) is 18.3 Å². The molecule has 0 aliphatic heterocycles. The Morgan fingerprint density at radius 1 is 1.19 bits per heavy atom. The second-order valence-electron chi connectivity index (χ2n) is 8.51. The molecule has 6 nitrogen and oxygen atoms in total. The molecule has 3 N–H and O–H groups in total. The van der Waals surface area contributed by atoms with E-state index in [1.165, 1.54) is 18.6 Å². The molecule has 0 spiro atoms. The van der Waals surface area contributed by atoms with Crippen LogP contribution in [0.25, 0.3) is 0 Å². The zero-order valence-electron chi connectivity index (χ0n) is 16.0. The van der Waals surface area contributed by atoms with E-state index in [4.69, 9.17) is 0 Å². The van der Waals surface area contributed by atoms with Crippen LogP contribution in [0.4, 0.5) is 0 Å². The summed E-state index contributed by atoms with van der Waals surface area (Å²) < 4.78 is 27.7. The number of rotatable bonds is 6. The Labute approximate surface area is 161 Å². The van der Waals surface area contributed by atoms with E-state index in [0.29, 0.717) is 11.8 Å². The zero-order chi connectivity index (χ0) is 19.7. The molecule has 3 unspecified atom stereocenters. The van der Waals surface area contributed by atoms with Gasteiger partial charge in [-0.3, -0.25) is 4.79 Å². The third-order valence-corrected chi connectivity index (χ3v) is 7.69. The fourth-order valence-electron chi connectivity index (χ4n) is 4.63. The van der Waals surface area contributed by atoms with Crippen molar-refractivity contribution in [2.45, 2.75) is 62.4 Å².